The summed E-state index contributed by atoms with van der Waals surface area (Å²) in [5, 5.41) is 57.9. The summed E-state index contributed by atoms with van der Waals surface area (Å²) in [5.74, 6) is -3.98. The van der Waals surface area contributed by atoms with Gasteiger partial charge in [0.05, 0.1) is 47.1 Å². The number of hydrogen-bond donors (Lipinski definition) is 5. The number of carbonyl (C=O) groups excluding carboxylic acids is 2. The zero-order valence-corrected chi connectivity index (χ0v) is 33.9. The van der Waals surface area contributed by atoms with Gasteiger partial charge in [0, 0.05) is 37.3 Å². The molecule has 0 saturated carbocycles. The number of likely N-dealkylation sites (N-methyl/N-ethyl adjacent to an activating group) is 1. The molecule has 2 unspecified atom stereocenters. The van der Waals surface area contributed by atoms with E-state index in [4.69, 9.17) is 28.4 Å². The topological polar surface area (TPSA) is 194 Å². The molecule has 14 heteroatoms. The van der Waals surface area contributed by atoms with E-state index in [0.717, 1.165) is 0 Å². The lowest BCUT2D eigenvalue weighted by molar-refractivity contribution is -0.322. The van der Waals surface area contributed by atoms with Crippen molar-refractivity contribution in [2.24, 2.45) is 23.2 Å². The average Bonchev–Trinajstić information content (AvgIpc) is 3.05. The first kappa shape index (κ1) is 45.1. The zero-order chi connectivity index (χ0) is 39.9. The molecular formula is C38H69NO13. The number of hydrogen-bond acceptors (Lipinski definition) is 14. The Morgan fingerprint density at radius 3 is 2.00 bits per heavy atom. The van der Waals surface area contributed by atoms with Crippen molar-refractivity contribution in [2.45, 2.75) is 186 Å². The van der Waals surface area contributed by atoms with Crippen LogP contribution in [0.5, 0.6) is 0 Å². The summed E-state index contributed by atoms with van der Waals surface area (Å²) in [7, 11) is 5.18. The van der Waals surface area contributed by atoms with E-state index in [2.05, 4.69) is 0 Å². The first-order valence-corrected chi connectivity index (χ1v) is 18.8. The lowest BCUT2D eigenvalue weighted by Gasteiger charge is -2.50. The highest BCUT2D eigenvalue weighted by atomic mass is 16.7. The molecule has 3 aliphatic rings. The van der Waals surface area contributed by atoms with Crippen molar-refractivity contribution in [1.29, 1.82) is 0 Å². The Morgan fingerprint density at radius 1 is 0.865 bits per heavy atom. The van der Waals surface area contributed by atoms with Gasteiger partial charge in [0.1, 0.15) is 29.7 Å². The van der Waals surface area contributed by atoms with Crippen molar-refractivity contribution in [3.05, 3.63) is 0 Å². The van der Waals surface area contributed by atoms with Crippen LogP contribution in [0.2, 0.25) is 0 Å². The zero-order valence-electron chi connectivity index (χ0n) is 33.9. The Hall–Kier alpha value is -1.30. The first-order chi connectivity index (χ1) is 23.8. The number of aliphatic hydroxyl groups is 5. The normalized spacial score (nSPS) is 48.6. The van der Waals surface area contributed by atoms with Crippen LogP contribution in [0.4, 0.5) is 0 Å². The van der Waals surface area contributed by atoms with E-state index in [9.17, 15) is 35.1 Å². The minimum atomic E-state index is -2.01. The molecule has 14 nitrogen and oxygen atoms in total. The van der Waals surface area contributed by atoms with Crippen molar-refractivity contribution in [1.82, 2.24) is 4.90 Å². The van der Waals surface area contributed by atoms with Gasteiger partial charge in [-0.3, -0.25) is 9.59 Å². The summed E-state index contributed by atoms with van der Waals surface area (Å²) >= 11 is 0. The van der Waals surface area contributed by atoms with Gasteiger partial charge >= 0.3 is 5.97 Å². The molecule has 3 saturated heterocycles. The maximum Gasteiger partial charge on any atom is 0.314 e. The molecule has 0 spiro atoms. The Bertz CT molecular complexity index is 1210. The molecular weight excluding hydrogens is 678 g/mol. The van der Waals surface area contributed by atoms with Crippen molar-refractivity contribution in [3.63, 3.8) is 0 Å². The molecule has 0 aromatic carbocycles. The van der Waals surface area contributed by atoms with E-state index in [-0.39, 0.29) is 31.4 Å². The van der Waals surface area contributed by atoms with Gasteiger partial charge in [0.2, 0.25) is 0 Å². The molecule has 17 atom stereocenters. The summed E-state index contributed by atoms with van der Waals surface area (Å²) in [6.07, 6.45) is -9.92. The summed E-state index contributed by atoms with van der Waals surface area (Å²) in [4.78, 5) is 30.1. The molecule has 52 heavy (non-hydrogen) atoms. The third-order valence-electron chi connectivity index (χ3n) is 12.1. The lowest BCUT2D eigenvalue weighted by Crippen LogP contribution is -2.62. The number of esters is 1. The van der Waals surface area contributed by atoms with E-state index in [1.54, 1.807) is 48.5 Å². The molecule has 0 aromatic heterocycles. The molecule has 3 rings (SSSR count). The third-order valence-corrected chi connectivity index (χ3v) is 12.1. The predicted octanol–water partition coefficient (Wildman–Crippen LogP) is 2.18. The molecule has 3 aliphatic heterocycles. The number of carbonyl (C=O) groups is 2. The minimum absolute atomic E-state index is 0.0830. The fraction of sp³-hybridized carbons (Fsp3) is 0.947. The maximum atomic E-state index is 14.4. The van der Waals surface area contributed by atoms with Crippen LogP contribution in [-0.2, 0) is 38.0 Å². The number of Topliss-reactive ketones (excluding diaryl/α,β-unsaturated/α-hetero) is 1. The number of ketones is 1. The molecule has 0 aromatic rings. The number of nitrogens with zero attached hydrogens (tertiary/aromatic N) is 1. The van der Waals surface area contributed by atoms with Crippen molar-refractivity contribution in [3.8, 4) is 0 Å². The highest BCUT2D eigenvalue weighted by Crippen LogP contribution is 2.43. The van der Waals surface area contributed by atoms with Gasteiger partial charge in [-0.25, -0.2) is 0 Å². The highest BCUT2D eigenvalue weighted by Gasteiger charge is 2.56. The van der Waals surface area contributed by atoms with E-state index in [1.807, 2.05) is 25.9 Å². The second-order valence-corrected chi connectivity index (χ2v) is 17.3. The van der Waals surface area contributed by atoms with Gasteiger partial charge in [-0.15, -0.1) is 0 Å². The summed E-state index contributed by atoms with van der Waals surface area (Å²) in [6, 6.07) is -0.331. The number of cyclic esters (lactones) is 1. The average molecular weight is 748 g/mol. The summed E-state index contributed by atoms with van der Waals surface area (Å²) in [5.41, 5.74) is -6.41. The van der Waals surface area contributed by atoms with Crippen LogP contribution in [0.25, 0.3) is 0 Å². The Labute approximate surface area is 310 Å². The number of rotatable bonds is 7. The smallest absolute Gasteiger partial charge is 0.314 e. The molecule has 5 N–H and O–H groups in total. The summed E-state index contributed by atoms with van der Waals surface area (Å²) < 4.78 is 37.4. The fourth-order valence-electron chi connectivity index (χ4n) is 8.65. The monoisotopic (exact) mass is 747 g/mol. The molecule has 0 aliphatic carbocycles. The van der Waals surface area contributed by atoms with Crippen LogP contribution in [0, 0.1) is 23.2 Å². The van der Waals surface area contributed by atoms with Crippen molar-refractivity contribution < 1.29 is 63.5 Å². The van der Waals surface area contributed by atoms with Crippen LogP contribution in [0.1, 0.15) is 102 Å². The van der Waals surface area contributed by atoms with Crippen LogP contribution >= 0.6 is 0 Å². The van der Waals surface area contributed by atoms with Crippen molar-refractivity contribution >= 4 is 11.8 Å². The second-order valence-electron chi connectivity index (χ2n) is 17.3. The molecule has 3 heterocycles. The van der Waals surface area contributed by atoms with Crippen molar-refractivity contribution in [2.75, 3.05) is 21.2 Å². The molecule has 0 radical (unpaired) electrons. The molecule has 304 valence electrons. The number of ether oxygens (including phenoxy) is 6. The standard InChI is InChI=1S/C38H69NO13/c1-15-25-38(11,46)29(42)21(4)27(40)19(2)17-36(9,45)32(52-33-28(41)24(39(12)13)16-20(3)48-33)22(5)31(35(7,8)34(44)50-25)51-26-18-37(10,47-14)30(43)23(6)49-26/h19-26,28-33,41-43,45-46H,15-18H2,1-14H3/t19-,20+,21+,22+,23+,24-,25-,26?,28+,29-,30+,31+,32-,33?,36-,37-,38-/m1/s1. The number of methoxy groups -OCH3 is 1. The largest absolute Gasteiger partial charge is 0.459 e. The highest BCUT2D eigenvalue weighted by molar-refractivity contribution is 5.83. The van der Waals surface area contributed by atoms with Crippen LogP contribution in [0.15, 0.2) is 0 Å². The van der Waals surface area contributed by atoms with E-state index in [0.29, 0.717) is 6.42 Å². The van der Waals surface area contributed by atoms with Gasteiger partial charge in [0.25, 0.3) is 0 Å². The maximum absolute atomic E-state index is 14.4. The van der Waals surface area contributed by atoms with E-state index in [1.165, 1.54) is 27.9 Å². The molecule has 0 bridgehead atoms. The van der Waals surface area contributed by atoms with Gasteiger partial charge in [-0.1, -0.05) is 27.7 Å². The van der Waals surface area contributed by atoms with Gasteiger partial charge in [0.15, 0.2) is 12.6 Å². The predicted molar refractivity (Wildman–Crippen MR) is 191 cm³/mol. The van der Waals surface area contributed by atoms with Crippen LogP contribution in [-0.4, -0.2) is 148 Å². The van der Waals surface area contributed by atoms with Gasteiger partial charge in [-0.05, 0) is 81.8 Å². The Kier molecular flexibility index (Phi) is 14.6. The van der Waals surface area contributed by atoms with Crippen LogP contribution < -0.4 is 0 Å². The van der Waals surface area contributed by atoms with Crippen LogP contribution in [0.3, 0.4) is 0 Å². The Morgan fingerprint density at radius 2 is 1.46 bits per heavy atom. The first-order valence-electron chi connectivity index (χ1n) is 18.8. The lowest BCUT2D eigenvalue weighted by atomic mass is 9.71. The van der Waals surface area contributed by atoms with E-state index >= 15 is 0 Å². The van der Waals surface area contributed by atoms with Gasteiger partial charge < -0.3 is 58.9 Å². The van der Waals surface area contributed by atoms with Gasteiger partial charge in [-0.2, -0.15) is 0 Å². The molecule has 3 fully saturated rings. The molecule has 0 amide bonds. The summed E-state index contributed by atoms with van der Waals surface area (Å²) in [6.45, 7) is 18.0. The Balaban J connectivity index is 2.24. The SMILES string of the molecule is CC[C@H]1OC(=O)C(C)(C)[C@@H](OC2C[C@@](C)(OC)[C@@H](O)[C@H](C)O2)[C@H](C)[C@@H](OC2O[C@@H](C)C[C@@H](N(C)C)[C@@H]2O)[C@](C)(O)C[C@@H](C)C(=O)[C@H](C)[C@@H](O)[C@]1(C)O. The second kappa shape index (κ2) is 16.8. The third kappa shape index (κ3) is 9.21. The number of aliphatic hydroxyl groups excluding tert-OH is 3. The quantitative estimate of drug-likeness (QED) is 0.238. The minimum Gasteiger partial charge on any atom is -0.459 e. The fourth-order valence-corrected chi connectivity index (χ4v) is 8.65. The van der Waals surface area contributed by atoms with E-state index < -0.39 is 107 Å².